The maximum atomic E-state index is 12.2. The summed E-state index contributed by atoms with van der Waals surface area (Å²) < 4.78 is 4.77. The van der Waals surface area contributed by atoms with Gasteiger partial charge in [0.2, 0.25) is 5.91 Å². The summed E-state index contributed by atoms with van der Waals surface area (Å²) in [6, 6.07) is -0.357. The fourth-order valence-electron chi connectivity index (χ4n) is 2.61. The first-order valence-electron chi connectivity index (χ1n) is 7.74. The van der Waals surface area contributed by atoms with Gasteiger partial charge in [0.05, 0.1) is 13.7 Å². The number of esters is 1. The number of likely N-dealkylation sites (tertiary alicyclic amines) is 1. The SMILES string of the molecule is CCC(C)C(NC(=O)CN1CCC(N)C(C)C1)C(=O)OC. The Bertz CT molecular complexity index is 362. The molecule has 1 aliphatic heterocycles. The zero-order chi connectivity index (χ0) is 16.0. The summed E-state index contributed by atoms with van der Waals surface area (Å²) >= 11 is 0. The second-order valence-electron chi connectivity index (χ2n) is 6.12. The third-order valence-electron chi connectivity index (χ3n) is 4.41. The molecule has 0 aromatic rings. The van der Waals surface area contributed by atoms with Gasteiger partial charge in [-0.1, -0.05) is 27.2 Å². The van der Waals surface area contributed by atoms with Crippen molar-refractivity contribution in [1.82, 2.24) is 10.2 Å². The summed E-state index contributed by atoms with van der Waals surface area (Å²) in [5.41, 5.74) is 5.98. The molecule has 21 heavy (non-hydrogen) atoms. The molecular formula is C15H29N3O3. The molecule has 0 spiro atoms. The van der Waals surface area contributed by atoms with E-state index in [-0.39, 0.29) is 23.8 Å². The van der Waals surface area contributed by atoms with E-state index in [2.05, 4.69) is 17.1 Å². The number of nitrogens with one attached hydrogen (secondary N) is 1. The summed E-state index contributed by atoms with van der Waals surface area (Å²) in [5.74, 6) is -0.0762. The average molecular weight is 299 g/mol. The zero-order valence-electron chi connectivity index (χ0n) is 13.6. The molecular weight excluding hydrogens is 270 g/mol. The molecule has 1 rings (SSSR count). The van der Waals surface area contributed by atoms with Crippen molar-refractivity contribution in [3.8, 4) is 0 Å². The van der Waals surface area contributed by atoms with Crippen LogP contribution in [-0.4, -0.2) is 55.6 Å². The highest BCUT2D eigenvalue weighted by molar-refractivity contribution is 5.85. The van der Waals surface area contributed by atoms with E-state index in [1.165, 1.54) is 7.11 Å². The van der Waals surface area contributed by atoms with Crippen LogP contribution in [0.4, 0.5) is 0 Å². The minimum absolute atomic E-state index is 0.0510. The predicted molar refractivity (Wildman–Crippen MR) is 81.6 cm³/mol. The largest absolute Gasteiger partial charge is 0.467 e. The standard InChI is InChI=1S/C15H29N3O3/c1-5-10(2)14(15(20)21-4)17-13(19)9-18-7-6-12(16)11(3)8-18/h10-12,14H,5-9,16H2,1-4H3,(H,17,19). The van der Waals surface area contributed by atoms with Gasteiger partial charge in [0.1, 0.15) is 6.04 Å². The minimum atomic E-state index is -0.572. The fraction of sp³-hybridized carbons (Fsp3) is 0.867. The molecule has 0 radical (unpaired) electrons. The molecule has 1 aliphatic rings. The Labute approximate surface area is 127 Å². The zero-order valence-corrected chi connectivity index (χ0v) is 13.6. The topological polar surface area (TPSA) is 84.7 Å². The Morgan fingerprint density at radius 3 is 2.67 bits per heavy atom. The highest BCUT2D eigenvalue weighted by atomic mass is 16.5. The van der Waals surface area contributed by atoms with Gasteiger partial charge in [0, 0.05) is 19.1 Å². The van der Waals surface area contributed by atoms with Crippen LogP contribution in [0, 0.1) is 11.8 Å². The minimum Gasteiger partial charge on any atom is -0.467 e. The number of methoxy groups -OCH3 is 1. The highest BCUT2D eigenvalue weighted by Gasteiger charge is 2.29. The predicted octanol–water partition coefficient (Wildman–Crippen LogP) is 0.359. The molecule has 1 amide bonds. The number of hydrogen-bond acceptors (Lipinski definition) is 5. The van der Waals surface area contributed by atoms with Crippen LogP contribution in [0.5, 0.6) is 0 Å². The van der Waals surface area contributed by atoms with E-state index >= 15 is 0 Å². The molecule has 3 N–H and O–H groups in total. The lowest BCUT2D eigenvalue weighted by Gasteiger charge is -2.35. The number of carbonyl (C=O) groups is 2. The Kier molecular flexibility index (Phi) is 7.11. The Hall–Kier alpha value is -1.14. The molecule has 0 bridgehead atoms. The van der Waals surface area contributed by atoms with Crippen LogP contribution in [-0.2, 0) is 14.3 Å². The fourth-order valence-corrected chi connectivity index (χ4v) is 2.61. The van der Waals surface area contributed by atoms with Gasteiger partial charge in [-0.05, 0) is 18.3 Å². The first-order valence-corrected chi connectivity index (χ1v) is 7.74. The Morgan fingerprint density at radius 1 is 1.48 bits per heavy atom. The molecule has 0 saturated carbocycles. The van der Waals surface area contributed by atoms with Crippen LogP contribution in [0.1, 0.15) is 33.6 Å². The number of nitrogens with zero attached hydrogens (tertiary/aromatic N) is 1. The normalized spacial score (nSPS) is 26.0. The van der Waals surface area contributed by atoms with Gasteiger partial charge in [-0.15, -0.1) is 0 Å². The Morgan fingerprint density at radius 2 is 2.14 bits per heavy atom. The number of rotatable bonds is 6. The van der Waals surface area contributed by atoms with Crippen LogP contribution in [0.15, 0.2) is 0 Å². The van der Waals surface area contributed by atoms with Gasteiger partial charge in [-0.3, -0.25) is 9.69 Å². The summed E-state index contributed by atoms with van der Waals surface area (Å²) in [5, 5.41) is 2.81. The molecule has 122 valence electrons. The lowest BCUT2D eigenvalue weighted by atomic mass is 9.95. The number of carbonyl (C=O) groups excluding carboxylic acids is 2. The maximum Gasteiger partial charge on any atom is 0.328 e. The van der Waals surface area contributed by atoms with Gasteiger partial charge >= 0.3 is 5.97 Å². The molecule has 0 aliphatic carbocycles. The van der Waals surface area contributed by atoms with E-state index in [0.29, 0.717) is 12.5 Å². The molecule has 1 fully saturated rings. The number of hydrogen-bond donors (Lipinski definition) is 2. The lowest BCUT2D eigenvalue weighted by molar-refractivity contribution is -0.146. The second-order valence-corrected chi connectivity index (χ2v) is 6.12. The van der Waals surface area contributed by atoms with E-state index in [1.807, 2.05) is 13.8 Å². The molecule has 4 atom stereocenters. The Balaban J connectivity index is 2.52. The van der Waals surface area contributed by atoms with Crippen molar-refractivity contribution in [1.29, 1.82) is 0 Å². The van der Waals surface area contributed by atoms with Crippen LogP contribution in [0.3, 0.4) is 0 Å². The van der Waals surface area contributed by atoms with Crippen LogP contribution >= 0.6 is 0 Å². The summed E-state index contributed by atoms with van der Waals surface area (Å²) in [7, 11) is 1.34. The van der Waals surface area contributed by atoms with Crippen molar-refractivity contribution in [2.24, 2.45) is 17.6 Å². The smallest absolute Gasteiger partial charge is 0.328 e. The van der Waals surface area contributed by atoms with E-state index in [4.69, 9.17) is 10.5 Å². The average Bonchev–Trinajstić information content (AvgIpc) is 2.47. The van der Waals surface area contributed by atoms with Crippen molar-refractivity contribution >= 4 is 11.9 Å². The number of ether oxygens (including phenoxy) is 1. The summed E-state index contributed by atoms with van der Waals surface area (Å²) in [6.45, 7) is 7.97. The van der Waals surface area contributed by atoms with Crippen molar-refractivity contribution in [3.63, 3.8) is 0 Å². The number of amides is 1. The number of nitrogens with two attached hydrogens (primary N) is 1. The van der Waals surface area contributed by atoms with Crippen molar-refractivity contribution < 1.29 is 14.3 Å². The molecule has 1 saturated heterocycles. The van der Waals surface area contributed by atoms with Crippen LogP contribution in [0.25, 0.3) is 0 Å². The van der Waals surface area contributed by atoms with E-state index < -0.39 is 6.04 Å². The molecule has 1 heterocycles. The van der Waals surface area contributed by atoms with Crippen molar-refractivity contribution in [2.75, 3.05) is 26.7 Å². The molecule has 6 nitrogen and oxygen atoms in total. The highest BCUT2D eigenvalue weighted by Crippen LogP contribution is 2.14. The van der Waals surface area contributed by atoms with Crippen LogP contribution in [0.2, 0.25) is 0 Å². The third-order valence-corrected chi connectivity index (χ3v) is 4.41. The van der Waals surface area contributed by atoms with Gasteiger partial charge < -0.3 is 15.8 Å². The molecule has 6 heteroatoms. The molecule has 4 unspecified atom stereocenters. The van der Waals surface area contributed by atoms with Crippen molar-refractivity contribution in [2.45, 2.75) is 45.7 Å². The first kappa shape index (κ1) is 17.9. The van der Waals surface area contributed by atoms with E-state index in [9.17, 15) is 9.59 Å². The van der Waals surface area contributed by atoms with Gasteiger partial charge in [0.25, 0.3) is 0 Å². The second kappa shape index (κ2) is 8.34. The van der Waals surface area contributed by atoms with Gasteiger partial charge in [-0.2, -0.15) is 0 Å². The van der Waals surface area contributed by atoms with Crippen molar-refractivity contribution in [3.05, 3.63) is 0 Å². The number of piperidine rings is 1. The lowest BCUT2D eigenvalue weighted by Crippen LogP contribution is -2.52. The first-order chi connectivity index (χ1) is 9.88. The molecule has 0 aromatic carbocycles. The van der Waals surface area contributed by atoms with Gasteiger partial charge in [-0.25, -0.2) is 4.79 Å². The summed E-state index contributed by atoms with van der Waals surface area (Å²) in [4.78, 5) is 26.0. The third kappa shape index (κ3) is 5.28. The van der Waals surface area contributed by atoms with Gasteiger partial charge in [0.15, 0.2) is 0 Å². The monoisotopic (exact) mass is 299 g/mol. The van der Waals surface area contributed by atoms with E-state index in [0.717, 1.165) is 25.9 Å². The molecule has 0 aromatic heterocycles. The van der Waals surface area contributed by atoms with E-state index in [1.54, 1.807) is 0 Å². The van der Waals surface area contributed by atoms with Crippen LogP contribution < -0.4 is 11.1 Å². The summed E-state index contributed by atoms with van der Waals surface area (Å²) in [6.07, 6.45) is 1.70. The maximum absolute atomic E-state index is 12.2. The quantitative estimate of drug-likeness (QED) is 0.692.